The van der Waals surface area contributed by atoms with Crippen molar-refractivity contribution in [1.82, 2.24) is 0 Å². The maximum Gasteiger partial charge on any atom is 0.106 e. The Balaban J connectivity index is 0.000000121. The van der Waals surface area contributed by atoms with Crippen molar-refractivity contribution in [3.8, 4) is 0 Å². The van der Waals surface area contributed by atoms with Gasteiger partial charge in [0.05, 0.1) is 13.2 Å². The Hall–Kier alpha value is -2.46. The van der Waals surface area contributed by atoms with E-state index in [0.717, 1.165) is 13.2 Å². The van der Waals surface area contributed by atoms with Crippen molar-refractivity contribution in [2.24, 2.45) is 0 Å². The molecule has 0 bridgehead atoms. The van der Waals surface area contributed by atoms with Crippen molar-refractivity contribution < 1.29 is 14.6 Å². The van der Waals surface area contributed by atoms with Crippen molar-refractivity contribution in [3.05, 3.63) is 108 Å². The van der Waals surface area contributed by atoms with E-state index in [2.05, 4.69) is 24.3 Å². The second-order valence-corrected chi connectivity index (χ2v) is 6.96. The number of rotatable bonds is 4. The molecule has 1 N–H and O–H groups in total. The van der Waals surface area contributed by atoms with Gasteiger partial charge in [0.1, 0.15) is 12.2 Å². The van der Waals surface area contributed by atoms with E-state index in [4.69, 9.17) is 14.6 Å². The molecule has 28 heavy (non-hydrogen) atoms. The quantitative estimate of drug-likeness (QED) is 0.629. The first-order valence-corrected chi connectivity index (χ1v) is 9.77. The van der Waals surface area contributed by atoms with Gasteiger partial charge in [-0.1, -0.05) is 97.9 Å². The lowest BCUT2D eigenvalue weighted by molar-refractivity contribution is 0.273. The van der Waals surface area contributed by atoms with Gasteiger partial charge in [-0.25, -0.2) is 0 Å². The molecule has 3 nitrogen and oxygen atoms in total. The minimum atomic E-state index is 0.226. The van der Waals surface area contributed by atoms with Crippen LogP contribution in [0.25, 0.3) is 0 Å². The predicted molar refractivity (Wildman–Crippen MR) is 112 cm³/mol. The van der Waals surface area contributed by atoms with E-state index in [1.807, 2.05) is 73.7 Å². The monoisotopic (exact) mass is 376 g/mol. The third-order valence-corrected chi connectivity index (χ3v) is 4.65. The molecule has 3 unspecified atom stereocenters. The number of aliphatic hydroxyl groups is 1. The zero-order chi connectivity index (χ0) is 19.6. The molecule has 2 aliphatic rings. The number of hydrogen-bond donors (Lipinski definition) is 1. The Bertz CT molecular complexity index is 734. The molecule has 0 aliphatic carbocycles. The predicted octanol–water partition coefficient (Wildman–Crippen LogP) is 5.30. The second kappa shape index (κ2) is 10.8. The van der Waals surface area contributed by atoms with Crippen molar-refractivity contribution in [3.63, 3.8) is 0 Å². The minimum absolute atomic E-state index is 0.226. The van der Waals surface area contributed by atoms with Crippen molar-refractivity contribution in [2.75, 3.05) is 19.8 Å². The molecule has 3 aromatic carbocycles. The highest BCUT2D eigenvalue weighted by Gasteiger charge is 2.24. The molecule has 0 radical (unpaired) electrons. The van der Waals surface area contributed by atoms with E-state index >= 15 is 0 Å². The summed E-state index contributed by atoms with van der Waals surface area (Å²) in [5.74, 6) is 0.265. The fourth-order valence-electron chi connectivity index (χ4n) is 2.70. The molecule has 0 aromatic heterocycles. The third kappa shape index (κ3) is 6.93. The standard InChI is InChI=1S/C9H12O.2C8H8O/c1-8(7-10)9-5-3-2-4-6-9;2*1-2-4-7(5-3-1)8-6-9-8/h2-6,8,10H,7H2,1H3;2*1-5,8H,6H2. The number of benzene rings is 3. The molecule has 5 rings (SSSR count). The van der Waals surface area contributed by atoms with Gasteiger partial charge in [0.2, 0.25) is 0 Å². The largest absolute Gasteiger partial charge is 0.396 e. The maximum atomic E-state index is 8.79. The summed E-state index contributed by atoms with van der Waals surface area (Å²) in [7, 11) is 0. The highest BCUT2D eigenvalue weighted by Crippen LogP contribution is 2.29. The highest BCUT2D eigenvalue weighted by atomic mass is 16.6. The molecule has 3 atom stereocenters. The van der Waals surface area contributed by atoms with Gasteiger partial charge in [-0.15, -0.1) is 0 Å². The molecule has 2 aliphatic heterocycles. The summed E-state index contributed by atoms with van der Waals surface area (Å²) in [6.07, 6.45) is 0.817. The van der Waals surface area contributed by atoms with Gasteiger partial charge in [0, 0.05) is 12.5 Å². The number of hydrogen-bond acceptors (Lipinski definition) is 3. The molecule has 2 fully saturated rings. The lowest BCUT2D eigenvalue weighted by atomic mass is 10.0. The lowest BCUT2D eigenvalue weighted by Gasteiger charge is -2.05. The average Bonchev–Trinajstić information content (AvgIpc) is 3.69. The topological polar surface area (TPSA) is 45.3 Å². The normalized spacial score (nSPS) is 19.9. The van der Waals surface area contributed by atoms with Crippen LogP contribution in [0, 0.1) is 0 Å². The van der Waals surface area contributed by atoms with Crippen LogP contribution < -0.4 is 0 Å². The summed E-state index contributed by atoms with van der Waals surface area (Å²) < 4.78 is 10.2. The first-order valence-electron chi connectivity index (χ1n) is 9.77. The van der Waals surface area contributed by atoms with Crippen molar-refractivity contribution in [1.29, 1.82) is 0 Å². The van der Waals surface area contributed by atoms with Gasteiger partial charge < -0.3 is 14.6 Å². The molecule has 3 heteroatoms. The molecular weight excluding hydrogens is 348 g/mol. The zero-order valence-corrected chi connectivity index (χ0v) is 16.3. The Kier molecular flexibility index (Phi) is 7.80. The molecule has 2 heterocycles. The molecule has 0 saturated carbocycles. The molecule has 0 amide bonds. The zero-order valence-electron chi connectivity index (χ0n) is 16.3. The Morgan fingerprint density at radius 2 is 1.07 bits per heavy atom. The summed E-state index contributed by atoms with van der Waals surface area (Å²) in [6, 6.07) is 30.6. The minimum Gasteiger partial charge on any atom is -0.396 e. The lowest BCUT2D eigenvalue weighted by Crippen LogP contribution is -1.97. The Morgan fingerprint density at radius 3 is 1.39 bits per heavy atom. The van der Waals surface area contributed by atoms with Crippen LogP contribution in [0.1, 0.15) is 41.7 Å². The van der Waals surface area contributed by atoms with Crippen LogP contribution in [0.3, 0.4) is 0 Å². The van der Waals surface area contributed by atoms with E-state index in [9.17, 15) is 0 Å². The smallest absolute Gasteiger partial charge is 0.106 e. The fourth-order valence-corrected chi connectivity index (χ4v) is 2.70. The summed E-state index contributed by atoms with van der Waals surface area (Å²) in [5, 5.41) is 8.79. The van der Waals surface area contributed by atoms with Gasteiger partial charge in [-0.05, 0) is 16.7 Å². The number of ether oxygens (including phenoxy) is 2. The van der Waals surface area contributed by atoms with E-state index in [0.29, 0.717) is 12.2 Å². The molecule has 2 saturated heterocycles. The summed E-state index contributed by atoms with van der Waals surface area (Å²) in [4.78, 5) is 0. The fraction of sp³-hybridized carbons (Fsp3) is 0.280. The van der Waals surface area contributed by atoms with Crippen LogP contribution in [0.4, 0.5) is 0 Å². The molecule has 3 aromatic rings. The van der Waals surface area contributed by atoms with Gasteiger partial charge >= 0.3 is 0 Å². The van der Waals surface area contributed by atoms with Crippen LogP contribution in [0.5, 0.6) is 0 Å². The molecule has 146 valence electrons. The van der Waals surface area contributed by atoms with Gasteiger partial charge in [-0.3, -0.25) is 0 Å². The van der Waals surface area contributed by atoms with Gasteiger partial charge in [0.25, 0.3) is 0 Å². The first-order chi connectivity index (χ1) is 13.8. The second-order valence-electron chi connectivity index (χ2n) is 6.96. The van der Waals surface area contributed by atoms with E-state index in [1.165, 1.54) is 16.7 Å². The average molecular weight is 376 g/mol. The summed E-state index contributed by atoms with van der Waals surface area (Å²) >= 11 is 0. The molecule has 0 spiro atoms. The SMILES string of the molecule is CC(CO)c1ccccc1.c1ccc(C2CO2)cc1.c1ccc(C2CO2)cc1. The first kappa shape index (κ1) is 20.3. The van der Waals surface area contributed by atoms with E-state index < -0.39 is 0 Å². The van der Waals surface area contributed by atoms with Gasteiger partial charge in [-0.2, -0.15) is 0 Å². The van der Waals surface area contributed by atoms with Crippen molar-refractivity contribution >= 4 is 0 Å². The van der Waals surface area contributed by atoms with Crippen LogP contribution in [0.15, 0.2) is 91.0 Å². The Labute approximate surface area is 167 Å². The third-order valence-electron chi connectivity index (χ3n) is 4.65. The van der Waals surface area contributed by atoms with Crippen molar-refractivity contribution in [2.45, 2.75) is 25.0 Å². The van der Waals surface area contributed by atoms with Crippen LogP contribution >= 0.6 is 0 Å². The molecular formula is C25H28O3. The van der Waals surface area contributed by atoms with E-state index in [-0.39, 0.29) is 12.5 Å². The summed E-state index contributed by atoms with van der Waals surface area (Å²) in [5.41, 5.74) is 3.81. The number of epoxide rings is 2. The van der Waals surface area contributed by atoms with Gasteiger partial charge in [0.15, 0.2) is 0 Å². The van der Waals surface area contributed by atoms with Crippen LogP contribution in [0.2, 0.25) is 0 Å². The van der Waals surface area contributed by atoms with Crippen LogP contribution in [-0.2, 0) is 9.47 Å². The Morgan fingerprint density at radius 1 is 0.714 bits per heavy atom. The number of aliphatic hydroxyl groups excluding tert-OH is 1. The van der Waals surface area contributed by atoms with Crippen LogP contribution in [-0.4, -0.2) is 24.9 Å². The highest BCUT2D eigenvalue weighted by molar-refractivity contribution is 5.21. The maximum absolute atomic E-state index is 8.79. The summed E-state index contributed by atoms with van der Waals surface area (Å²) in [6.45, 7) is 4.05. The van der Waals surface area contributed by atoms with E-state index in [1.54, 1.807) is 0 Å².